The van der Waals surface area contributed by atoms with Crippen molar-refractivity contribution in [1.29, 1.82) is 0 Å². The van der Waals surface area contributed by atoms with E-state index in [2.05, 4.69) is 29.4 Å². The van der Waals surface area contributed by atoms with Crippen LogP contribution >= 0.6 is 11.8 Å². The van der Waals surface area contributed by atoms with Crippen LogP contribution in [0.3, 0.4) is 0 Å². The molecule has 0 spiro atoms. The average Bonchev–Trinajstić information content (AvgIpc) is 3.16. The maximum absolute atomic E-state index is 13.0. The lowest BCUT2D eigenvalue weighted by Gasteiger charge is -2.17. The summed E-state index contributed by atoms with van der Waals surface area (Å²) in [7, 11) is 0. The van der Waals surface area contributed by atoms with Gasteiger partial charge in [-0.05, 0) is 55.2 Å². The smallest absolute Gasteiger partial charge is 0.277 e. The molecule has 5 nitrogen and oxygen atoms in total. The minimum atomic E-state index is -0.425. The van der Waals surface area contributed by atoms with E-state index >= 15 is 0 Å². The van der Waals surface area contributed by atoms with Crippen molar-refractivity contribution in [3.63, 3.8) is 0 Å². The summed E-state index contributed by atoms with van der Waals surface area (Å²) in [5.74, 6) is 0.175. The number of hydrogen-bond acceptors (Lipinski definition) is 5. The van der Waals surface area contributed by atoms with Gasteiger partial charge in [0.25, 0.3) is 5.22 Å². The Morgan fingerprint density at radius 1 is 1.14 bits per heavy atom. The Hall–Kier alpha value is -2.67. The van der Waals surface area contributed by atoms with Gasteiger partial charge in [-0.1, -0.05) is 43.8 Å². The van der Waals surface area contributed by atoms with E-state index in [0.29, 0.717) is 11.5 Å². The molecule has 3 aromatic rings. The molecule has 0 radical (unpaired) electrons. The zero-order valence-electron chi connectivity index (χ0n) is 16.0. The van der Waals surface area contributed by atoms with Crippen LogP contribution in [0.2, 0.25) is 0 Å². The lowest BCUT2D eigenvalue weighted by atomic mass is 9.97. The molecule has 0 aliphatic carbocycles. The number of rotatable bonds is 7. The summed E-state index contributed by atoms with van der Waals surface area (Å²) in [5.41, 5.74) is 2.57. The largest absolute Gasteiger partial charge is 0.411 e. The molecule has 0 bridgehead atoms. The molecule has 1 aromatic heterocycles. The molecule has 0 saturated heterocycles. The monoisotopic (exact) mass is 399 g/mol. The first-order valence-electron chi connectivity index (χ1n) is 9.13. The number of hydrogen-bond donors (Lipinski definition) is 1. The summed E-state index contributed by atoms with van der Waals surface area (Å²) in [5, 5.41) is 10.8. The van der Waals surface area contributed by atoms with Crippen LogP contribution < -0.4 is 5.32 Å². The van der Waals surface area contributed by atoms with Gasteiger partial charge >= 0.3 is 0 Å². The zero-order chi connectivity index (χ0) is 20.1. The highest BCUT2D eigenvalue weighted by atomic mass is 32.2. The molecule has 0 unspecified atom stereocenters. The minimum Gasteiger partial charge on any atom is -0.411 e. The summed E-state index contributed by atoms with van der Waals surface area (Å²) < 4.78 is 18.6. The number of aromatic nitrogens is 2. The van der Waals surface area contributed by atoms with Gasteiger partial charge in [0.1, 0.15) is 5.82 Å². The first-order chi connectivity index (χ1) is 13.5. The molecule has 2 atom stereocenters. The van der Waals surface area contributed by atoms with Crippen molar-refractivity contribution in [2.45, 2.75) is 43.6 Å². The summed E-state index contributed by atoms with van der Waals surface area (Å²) in [4.78, 5) is 12.6. The zero-order valence-corrected chi connectivity index (χ0v) is 16.8. The fourth-order valence-corrected chi connectivity index (χ4v) is 3.35. The first kappa shape index (κ1) is 20.1. The molecule has 2 aromatic carbocycles. The molecule has 0 saturated carbocycles. The van der Waals surface area contributed by atoms with Crippen LogP contribution in [0.15, 0.2) is 58.2 Å². The van der Waals surface area contributed by atoms with Crippen LogP contribution in [-0.4, -0.2) is 21.4 Å². The highest BCUT2D eigenvalue weighted by molar-refractivity contribution is 8.00. The molecule has 28 heavy (non-hydrogen) atoms. The fourth-order valence-electron chi connectivity index (χ4n) is 2.67. The Labute approximate surface area is 167 Å². The van der Waals surface area contributed by atoms with E-state index in [9.17, 15) is 9.18 Å². The Kier molecular flexibility index (Phi) is 6.46. The van der Waals surface area contributed by atoms with Crippen molar-refractivity contribution < 1.29 is 13.6 Å². The summed E-state index contributed by atoms with van der Waals surface area (Å²) >= 11 is 1.18. The number of carbonyl (C=O) groups is 1. The molecule has 0 fully saturated rings. The molecule has 1 amide bonds. The SMILES string of the molecule is CC[C@H](C)c1ccccc1NC(=O)[C@H](C)Sc1nnc(-c2ccc(F)cc2)o1. The van der Waals surface area contributed by atoms with Crippen molar-refractivity contribution in [2.75, 3.05) is 5.32 Å². The third kappa shape index (κ3) is 4.78. The Bertz CT molecular complexity index is 943. The van der Waals surface area contributed by atoms with E-state index in [0.717, 1.165) is 17.7 Å². The molecular formula is C21H22FN3O2S. The van der Waals surface area contributed by atoms with E-state index in [1.165, 1.54) is 23.9 Å². The molecular weight excluding hydrogens is 377 g/mol. The van der Waals surface area contributed by atoms with Gasteiger partial charge < -0.3 is 9.73 Å². The highest BCUT2D eigenvalue weighted by Crippen LogP contribution is 2.29. The van der Waals surface area contributed by atoms with Gasteiger partial charge in [0.2, 0.25) is 11.8 Å². The number of benzene rings is 2. The maximum Gasteiger partial charge on any atom is 0.277 e. The standard InChI is InChI=1S/C21H22FN3O2S/c1-4-13(2)17-7-5-6-8-18(17)23-19(26)14(3)28-21-25-24-20(27-21)15-9-11-16(22)12-10-15/h5-14H,4H2,1-3H3,(H,23,26)/t13-,14-/m0/s1. The first-order valence-corrected chi connectivity index (χ1v) is 10.0. The number of halogens is 1. The van der Waals surface area contributed by atoms with Crippen molar-refractivity contribution in [3.8, 4) is 11.5 Å². The predicted molar refractivity (Wildman–Crippen MR) is 109 cm³/mol. The molecule has 0 aliphatic rings. The third-order valence-corrected chi connectivity index (χ3v) is 5.44. The summed E-state index contributed by atoms with van der Waals surface area (Å²) in [6.07, 6.45) is 0.991. The lowest BCUT2D eigenvalue weighted by molar-refractivity contribution is -0.115. The third-order valence-electron chi connectivity index (χ3n) is 4.51. The molecule has 1 N–H and O–H groups in total. The topological polar surface area (TPSA) is 68.0 Å². The number of carbonyl (C=O) groups excluding carboxylic acids is 1. The number of amides is 1. The number of thioether (sulfide) groups is 1. The molecule has 1 heterocycles. The van der Waals surface area contributed by atoms with Crippen molar-refractivity contribution >= 4 is 23.4 Å². The molecule has 7 heteroatoms. The Morgan fingerprint density at radius 3 is 2.57 bits per heavy atom. The molecule has 0 aliphatic heterocycles. The van der Waals surface area contributed by atoms with Gasteiger partial charge in [0.05, 0.1) is 5.25 Å². The second-order valence-corrected chi connectivity index (χ2v) is 7.82. The van der Waals surface area contributed by atoms with Crippen LogP contribution in [-0.2, 0) is 4.79 Å². The van der Waals surface area contributed by atoms with Gasteiger partial charge in [0, 0.05) is 11.3 Å². The Morgan fingerprint density at radius 2 is 1.86 bits per heavy atom. The normalized spacial score (nSPS) is 13.1. The van der Waals surface area contributed by atoms with Gasteiger partial charge in [0.15, 0.2) is 0 Å². The van der Waals surface area contributed by atoms with Gasteiger partial charge in [-0.2, -0.15) is 0 Å². The summed E-state index contributed by atoms with van der Waals surface area (Å²) in [6.45, 7) is 6.04. The lowest BCUT2D eigenvalue weighted by Crippen LogP contribution is -2.23. The minimum absolute atomic E-state index is 0.137. The van der Waals surface area contributed by atoms with Crippen LogP contribution in [0.1, 0.15) is 38.7 Å². The second-order valence-electron chi connectivity index (χ2n) is 6.53. The van der Waals surface area contributed by atoms with E-state index in [1.54, 1.807) is 19.1 Å². The highest BCUT2D eigenvalue weighted by Gasteiger charge is 2.20. The van der Waals surface area contributed by atoms with Gasteiger partial charge in [-0.15, -0.1) is 10.2 Å². The fraction of sp³-hybridized carbons (Fsp3) is 0.286. The Balaban J connectivity index is 1.66. The van der Waals surface area contributed by atoms with Crippen molar-refractivity contribution in [2.24, 2.45) is 0 Å². The van der Waals surface area contributed by atoms with Crippen molar-refractivity contribution in [3.05, 3.63) is 59.9 Å². The van der Waals surface area contributed by atoms with Gasteiger partial charge in [-0.25, -0.2) is 4.39 Å². The predicted octanol–water partition coefficient (Wildman–Crippen LogP) is 5.51. The quantitative estimate of drug-likeness (QED) is 0.531. The molecule has 3 rings (SSSR count). The van der Waals surface area contributed by atoms with E-state index < -0.39 is 5.25 Å². The van der Waals surface area contributed by atoms with Crippen LogP contribution in [0.5, 0.6) is 0 Å². The van der Waals surface area contributed by atoms with Gasteiger partial charge in [-0.3, -0.25) is 4.79 Å². The van der Waals surface area contributed by atoms with E-state index in [-0.39, 0.29) is 22.8 Å². The van der Waals surface area contributed by atoms with Crippen LogP contribution in [0.25, 0.3) is 11.5 Å². The molecule has 146 valence electrons. The van der Waals surface area contributed by atoms with Crippen molar-refractivity contribution in [1.82, 2.24) is 10.2 Å². The average molecular weight is 399 g/mol. The van der Waals surface area contributed by atoms with E-state index in [1.807, 2.05) is 24.3 Å². The number of nitrogens with one attached hydrogen (secondary N) is 1. The van der Waals surface area contributed by atoms with E-state index in [4.69, 9.17) is 4.42 Å². The number of nitrogens with zero attached hydrogens (tertiary/aromatic N) is 2. The second kappa shape index (κ2) is 9.01. The van der Waals surface area contributed by atoms with Crippen LogP contribution in [0, 0.1) is 5.82 Å². The number of anilines is 1. The number of para-hydroxylation sites is 1. The maximum atomic E-state index is 13.0. The van der Waals surface area contributed by atoms with Crippen LogP contribution in [0.4, 0.5) is 10.1 Å². The summed E-state index contributed by atoms with van der Waals surface area (Å²) in [6, 6.07) is 13.6.